The smallest absolute Gasteiger partial charge is 0.185 e. The predicted molar refractivity (Wildman–Crippen MR) is 61.0 cm³/mol. The number of hydrogen-bond donors (Lipinski definition) is 2. The first-order chi connectivity index (χ1) is 7.20. The van der Waals surface area contributed by atoms with E-state index in [1.807, 2.05) is 0 Å². The summed E-state index contributed by atoms with van der Waals surface area (Å²) in [5.74, 6) is 0.182. The number of carbonyl (C=O) groups is 1. The Morgan fingerprint density at radius 2 is 2.27 bits per heavy atom. The van der Waals surface area contributed by atoms with Gasteiger partial charge in [0.15, 0.2) is 11.7 Å². The van der Waals surface area contributed by atoms with Crippen molar-refractivity contribution in [3.8, 4) is 0 Å². The second-order valence-corrected chi connectivity index (χ2v) is 3.78. The van der Waals surface area contributed by atoms with Crippen molar-refractivity contribution in [3.63, 3.8) is 0 Å². The van der Waals surface area contributed by atoms with Gasteiger partial charge in [0.1, 0.15) is 5.69 Å². The van der Waals surface area contributed by atoms with Crippen LogP contribution in [0.15, 0.2) is 15.9 Å². The number of aromatic nitrogens is 1. The van der Waals surface area contributed by atoms with E-state index in [0.29, 0.717) is 18.7 Å². The Hall–Kier alpha value is -1.43. The number of guanidine groups is 1. The van der Waals surface area contributed by atoms with Crippen molar-refractivity contribution in [2.24, 2.45) is 16.5 Å². The SMILES string of the molecule is NC(N)=NCCCCC(=O)c1cscn1. The Labute approximate surface area is 92.2 Å². The van der Waals surface area contributed by atoms with Gasteiger partial charge in [-0.3, -0.25) is 9.79 Å². The van der Waals surface area contributed by atoms with Crippen LogP contribution in [0.4, 0.5) is 0 Å². The molecular formula is C9H14N4OS. The predicted octanol–water partition coefficient (Wildman–Crippen LogP) is 0.769. The van der Waals surface area contributed by atoms with E-state index in [1.165, 1.54) is 11.3 Å². The standard InChI is InChI=1S/C9H14N4OS/c10-9(11)12-4-2-1-3-8(14)7-5-15-6-13-7/h5-6H,1-4H2,(H4,10,11,12). The van der Waals surface area contributed by atoms with Crippen LogP contribution in [0.3, 0.4) is 0 Å². The zero-order valence-electron chi connectivity index (χ0n) is 8.35. The van der Waals surface area contributed by atoms with Crippen molar-refractivity contribution in [2.45, 2.75) is 19.3 Å². The van der Waals surface area contributed by atoms with Gasteiger partial charge in [-0.25, -0.2) is 4.98 Å². The first-order valence-electron chi connectivity index (χ1n) is 4.67. The van der Waals surface area contributed by atoms with Crippen LogP contribution >= 0.6 is 11.3 Å². The summed E-state index contributed by atoms with van der Waals surface area (Å²) >= 11 is 1.43. The number of carbonyl (C=O) groups excluding carboxylic acids is 1. The fraction of sp³-hybridized carbons (Fsp3) is 0.444. The van der Waals surface area contributed by atoms with Gasteiger partial charge in [-0.2, -0.15) is 0 Å². The van der Waals surface area contributed by atoms with Crippen LogP contribution in [0.2, 0.25) is 0 Å². The molecule has 1 aromatic heterocycles. The highest BCUT2D eigenvalue weighted by Crippen LogP contribution is 2.07. The molecule has 15 heavy (non-hydrogen) atoms. The van der Waals surface area contributed by atoms with E-state index >= 15 is 0 Å². The van der Waals surface area contributed by atoms with Crippen LogP contribution < -0.4 is 11.5 Å². The fourth-order valence-corrected chi connectivity index (χ4v) is 1.64. The Morgan fingerprint density at radius 3 is 2.87 bits per heavy atom. The van der Waals surface area contributed by atoms with E-state index in [4.69, 9.17) is 11.5 Å². The third kappa shape index (κ3) is 4.55. The molecule has 0 saturated heterocycles. The molecule has 0 saturated carbocycles. The first kappa shape index (κ1) is 11.6. The van der Waals surface area contributed by atoms with E-state index in [2.05, 4.69) is 9.98 Å². The quantitative estimate of drug-likeness (QED) is 0.324. The van der Waals surface area contributed by atoms with Crippen LogP contribution in [0, 0.1) is 0 Å². The number of ketones is 1. The zero-order valence-corrected chi connectivity index (χ0v) is 9.17. The summed E-state index contributed by atoms with van der Waals surface area (Å²) in [6.45, 7) is 0.576. The Balaban J connectivity index is 2.16. The number of unbranched alkanes of at least 4 members (excludes halogenated alkanes) is 1. The van der Waals surface area contributed by atoms with Gasteiger partial charge in [0.25, 0.3) is 0 Å². The number of hydrogen-bond acceptors (Lipinski definition) is 4. The average Bonchev–Trinajstić information content (AvgIpc) is 2.69. The normalized spacial score (nSPS) is 9.87. The summed E-state index contributed by atoms with van der Waals surface area (Å²) in [7, 11) is 0. The lowest BCUT2D eigenvalue weighted by Crippen LogP contribution is -2.22. The highest BCUT2D eigenvalue weighted by Gasteiger charge is 2.06. The third-order valence-electron chi connectivity index (χ3n) is 1.82. The summed E-state index contributed by atoms with van der Waals surface area (Å²) < 4.78 is 0. The molecule has 0 spiro atoms. The maximum atomic E-state index is 11.5. The van der Waals surface area contributed by atoms with Crippen molar-refractivity contribution >= 4 is 23.1 Å². The topological polar surface area (TPSA) is 94.4 Å². The summed E-state index contributed by atoms with van der Waals surface area (Å²) in [6, 6.07) is 0. The molecule has 1 rings (SSSR count). The maximum absolute atomic E-state index is 11.5. The molecule has 0 fully saturated rings. The summed E-state index contributed by atoms with van der Waals surface area (Å²) in [6.07, 6.45) is 2.10. The molecule has 0 bridgehead atoms. The van der Waals surface area contributed by atoms with E-state index in [0.717, 1.165) is 12.8 Å². The van der Waals surface area contributed by atoms with Gasteiger partial charge in [0.2, 0.25) is 0 Å². The molecule has 0 aliphatic rings. The minimum absolute atomic E-state index is 0.0842. The molecule has 0 aliphatic carbocycles. The molecule has 0 atom stereocenters. The van der Waals surface area contributed by atoms with E-state index in [1.54, 1.807) is 10.9 Å². The summed E-state index contributed by atoms with van der Waals surface area (Å²) in [5.41, 5.74) is 12.5. The van der Waals surface area contributed by atoms with Gasteiger partial charge in [0.05, 0.1) is 5.51 Å². The molecule has 0 aliphatic heterocycles. The van der Waals surface area contributed by atoms with Crippen molar-refractivity contribution < 1.29 is 4.79 Å². The van der Waals surface area contributed by atoms with Crippen LogP contribution in [0.1, 0.15) is 29.8 Å². The Morgan fingerprint density at radius 1 is 1.47 bits per heavy atom. The fourth-order valence-electron chi connectivity index (χ4n) is 1.08. The van der Waals surface area contributed by atoms with Crippen LogP contribution in [-0.4, -0.2) is 23.3 Å². The lowest BCUT2D eigenvalue weighted by molar-refractivity contribution is 0.0975. The molecule has 0 aromatic carbocycles. The number of Topliss-reactive ketones (excluding diaryl/α,β-unsaturated/α-hetero) is 1. The molecule has 0 radical (unpaired) electrons. The van der Waals surface area contributed by atoms with E-state index in [-0.39, 0.29) is 11.7 Å². The van der Waals surface area contributed by atoms with Gasteiger partial charge in [-0.05, 0) is 12.8 Å². The highest BCUT2D eigenvalue weighted by molar-refractivity contribution is 7.07. The molecular weight excluding hydrogens is 212 g/mol. The largest absolute Gasteiger partial charge is 0.370 e. The van der Waals surface area contributed by atoms with Gasteiger partial charge < -0.3 is 11.5 Å². The number of nitrogens with two attached hydrogens (primary N) is 2. The minimum atomic E-state index is 0.0842. The van der Waals surface area contributed by atoms with Gasteiger partial charge in [-0.1, -0.05) is 0 Å². The van der Waals surface area contributed by atoms with Crippen molar-refractivity contribution in [3.05, 3.63) is 16.6 Å². The Kier molecular flexibility index (Phi) is 4.76. The lowest BCUT2D eigenvalue weighted by Gasteiger charge is -1.96. The number of rotatable bonds is 6. The minimum Gasteiger partial charge on any atom is -0.370 e. The molecule has 1 aromatic rings. The highest BCUT2D eigenvalue weighted by atomic mass is 32.1. The second-order valence-electron chi connectivity index (χ2n) is 3.06. The summed E-state index contributed by atoms with van der Waals surface area (Å²) in [5, 5.41) is 1.76. The number of nitrogens with zero attached hydrogens (tertiary/aromatic N) is 2. The van der Waals surface area contributed by atoms with E-state index < -0.39 is 0 Å². The average molecular weight is 226 g/mol. The molecule has 82 valence electrons. The number of aliphatic imine (C=N–C) groups is 1. The molecule has 1 heterocycles. The van der Waals surface area contributed by atoms with Crippen LogP contribution in [0.25, 0.3) is 0 Å². The maximum Gasteiger partial charge on any atom is 0.185 e. The second kappa shape index (κ2) is 6.13. The first-order valence-corrected chi connectivity index (χ1v) is 5.61. The van der Waals surface area contributed by atoms with Crippen molar-refractivity contribution in [1.29, 1.82) is 0 Å². The lowest BCUT2D eigenvalue weighted by atomic mass is 10.1. The zero-order chi connectivity index (χ0) is 11.1. The van der Waals surface area contributed by atoms with Gasteiger partial charge in [-0.15, -0.1) is 11.3 Å². The molecule has 4 N–H and O–H groups in total. The third-order valence-corrected chi connectivity index (χ3v) is 2.41. The van der Waals surface area contributed by atoms with E-state index in [9.17, 15) is 4.79 Å². The van der Waals surface area contributed by atoms with Gasteiger partial charge in [0, 0.05) is 18.3 Å². The summed E-state index contributed by atoms with van der Waals surface area (Å²) in [4.78, 5) is 19.2. The molecule has 0 unspecified atom stereocenters. The van der Waals surface area contributed by atoms with Crippen LogP contribution in [0.5, 0.6) is 0 Å². The van der Waals surface area contributed by atoms with Crippen LogP contribution in [-0.2, 0) is 0 Å². The molecule has 6 heteroatoms. The number of thiazole rings is 1. The Bertz CT molecular complexity index is 330. The van der Waals surface area contributed by atoms with Gasteiger partial charge >= 0.3 is 0 Å². The molecule has 0 amide bonds. The van der Waals surface area contributed by atoms with Crippen molar-refractivity contribution in [1.82, 2.24) is 4.98 Å². The van der Waals surface area contributed by atoms with Crippen molar-refractivity contribution in [2.75, 3.05) is 6.54 Å². The monoisotopic (exact) mass is 226 g/mol. The molecule has 5 nitrogen and oxygen atoms in total.